The summed E-state index contributed by atoms with van der Waals surface area (Å²) in [5.74, 6) is 0.820. The SMILES string of the molecule is CNc1cn2cc(-c3c(C)c(F)c(N(C)c4ncccn4)c4[nH]ncc34)ccc2n1. The van der Waals surface area contributed by atoms with E-state index in [-0.39, 0.29) is 5.82 Å². The van der Waals surface area contributed by atoms with Gasteiger partial charge in [-0.25, -0.2) is 19.3 Å². The monoisotopic (exact) mass is 402 g/mol. The van der Waals surface area contributed by atoms with Gasteiger partial charge < -0.3 is 14.6 Å². The number of fused-ring (bicyclic) bond motifs is 2. The number of H-pyrrole nitrogens is 1. The first-order valence-electron chi connectivity index (χ1n) is 9.41. The zero-order valence-corrected chi connectivity index (χ0v) is 16.7. The van der Waals surface area contributed by atoms with Gasteiger partial charge in [-0.15, -0.1) is 0 Å². The lowest BCUT2D eigenvalue weighted by atomic mass is 9.96. The molecule has 0 radical (unpaired) electrons. The van der Waals surface area contributed by atoms with E-state index in [1.54, 1.807) is 43.5 Å². The number of nitrogens with zero attached hydrogens (tertiary/aromatic N) is 6. The molecule has 0 saturated carbocycles. The molecule has 0 bridgehead atoms. The van der Waals surface area contributed by atoms with Crippen molar-refractivity contribution >= 4 is 34.0 Å². The number of aromatic nitrogens is 6. The Kier molecular flexibility index (Phi) is 4.09. The highest BCUT2D eigenvalue weighted by Gasteiger charge is 2.24. The molecule has 1 aromatic carbocycles. The van der Waals surface area contributed by atoms with Crippen LogP contribution in [0.25, 0.3) is 27.7 Å². The molecule has 4 aromatic heterocycles. The molecule has 0 aliphatic rings. The van der Waals surface area contributed by atoms with Crippen molar-refractivity contribution in [3.8, 4) is 11.1 Å². The van der Waals surface area contributed by atoms with Crippen molar-refractivity contribution in [2.45, 2.75) is 6.92 Å². The van der Waals surface area contributed by atoms with Gasteiger partial charge in [0.15, 0.2) is 5.82 Å². The number of aromatic amines is 1. The molecule has 9 heteroatoms. The zero-order chi connectivity index (χ0) is 20.8. The van der Waals surface area contributed by atoms with E-state index in [0.29, 0.717) is 22.7 Å². The molecule has 4 heterocycles. The summed E-state index contributed by atoms with van der Waals surface area (Å²) >= 11 is 0. The minimum atomic E-state index is -0.349. The van der Waals surface area contributed by atoms with Crippen molar-refractivity contribution < 1.29 is 4.39 Å². The number of rotatable bonds is 4. The summed E-state index contributed by atoms with van der Waals surface area (Å²) in [4.78, 5) is 14.6. The molecular weight excluding hydrogens is 383 g/mol. The molecular formula is C21H19FN8. The lowest BCUT2D eigenvalue weighted by Gasteiger charge is -2.21. The van der Waals surface area contributed by atoms with Gasteiger partial charge in [-0.05, 0) is 36.2 Å². The van der Waals surface area contributed by atoms with E-state index in [0.717, 1.165) is 28.0 Å². The molecule has 0 aliphatic heterocycles. The van der Waals surface area contributed by atoms with Crippen LogP contribution < -0.4 is 10.2 Å². The third-order valence-corrected chi connectivity index (χ3v) is 5.24. The summed E-state index contributed by atoms with van der Waals surface area (Å²) in [5.41, 5.74) is 3.93. The Morgan fingerprint density at radius 1 is 1.17 bits per heavy atom. The highest BCUT2D eigenvalue weighted by atomic mass is 19.1. The summed E-state index contributed by atoms with van der Waals surface area (Å²) in [7, 11) is 3.56. The smallest absolute Gasteiger partial charge is 0.229 e. The first kappa shape index (κ1) is 18.0. The summed E-state index contributed by atoms with van der Waals surface area (Å²) in [5, 5.41) is 11.0. The highest BCUT2D eigenvalue weighted by molar-refractivity contribution is 6.03. The number of hydrogen-bond donors (Lipinski definition) is 2. The molecule has 0 atom stereocenters. The maximum absolute atomic E-state index is 15.7. The van der Waals surface area contributed by atoms with Gasteiger partial charge in [0, 0.05) is 43.6 Å². The van der Waals surface area contributed by atoms with Gasteiger partial charge in [-0.3, -0.25) is 5.10 Å². The summed E-state index contributed by atoms with van der Waals surface area (Å²) < 4.78 is 17.6. The van der Waals surface area contributed by atoms with E-state index in [9.17, 15) is 0 Å². The second-order valence-electron chi connectivity index (χ2n) is 6.99. The largest absolute Gasteiger partial charge is 0.372 e. The van der Waals surface area contributed by atoms with Gasteiger partial charge in [0.05, 0.1) is 17.9 Å². The van der Waals surface area contributed by atoms with Crippen LogP contribution >= 0.6 is 0 Å². The minimum absolute atomic E-state index is 0.349. The Hall–Kier alpha value is -4.01. The third kappa shape index (κ3) is 2.66. The van der Waals surface area contributed by atoms with Crippen molar-refractivity contribution in [1.82, 2.24) is 29.5 Å². The first-order valence-corrected chi connectivity index (χ1v) is 9.41. The van der Waals surface area contributed by atoms with Crippen molar-refractivity contribution in [3.63, 3.8) is 0 Å². The molecule has 0 spiro atoms. The molecule has 30 heavy (non-hydrogen) atoms. The number of halogens is 1. The molecule has 8 nitrogen and oxygen atoms in total. The number of anilines is 3. The molecule has 0 saturated heterocycles. The standard InChI is InChI=1S/C21H19FN8/c1-12-17(13-5-6-16-27-15(23-2)11-30(16)10-13)14-9-26-28-19(14)20(18(12)22)29(3)21-24-7-4-8-25-21/h4-11,23H,1-3H3,(H,26,28). The van der Waals surface area contributed by atoms with Gasteiger partial charge in [0.2, 0.25) is 5.95 Å². The Morgan fingerprint density at radius 2 is 1.97 bits per heavy atom. The van der Waals surface area contributed by atoms with Crippen LogP contribution in [0.4, 0.5) is 21.8 Å². The average Bonchev–Trinajstić information content (AvgIpc) is 3.41. The molecule has 0 amide bonds. The van der Waals surface area contributed by atoms with Crippen LogP contribution in [-0.2, 0) is 0 Å². The van der Waals surface area contributed by atoms with E-state index >= 15 is 4.39 Å². The molecule has 0 unspecified atom stereocenters. The third-order valence-electron chi connectivity index (χ3n) is 5.24. The summed E-state index contributed by atoms with van der Waals surface area (Å²) in [6, 6.07) is 5.58. The van der Waals surface area contributed by atoms with Crippen LogP contribution in [0.2, 0.25) is 0 Å². The van der Waals surface area contributed by atoms with Gasteiger partial charge in [0.1, 0.15) is 17.2 Å². The van der Waals surface area contributed by atoms with E-state index in [1.165, 1.54) is 0 Å². The molecule has 0 aliphatic carbocycles. The number of imidazole rings is 1. The number of pyridine rings is 1. The van der Waals surface area contributed by atoms with E-state index in [4.69, 9.17) is 0 Å². The second-order valence-corrected chi connectivity index (χ2v) is 6.99. The maximum Gasteiger partial charge on any atom is 0.229 e. The summed E-state index contributed by atoms with van der Waals surface area (Å²) in [6.07, 6.45) is 8.81. The average molecular weight is 402 g/mol. The zero-order valence-electron chi connectivity index (χ0n) is 16.7. The van der Waals surface area contributed by atoms with Crippen molar-refractivity contribution in [2.75, 3.05) is 24.3 Å². The lowest BCUT2D eigenvalue weighted by molar-refractivity contribution is 0.620. The maximum atomic E-state index is 15.7. The van der Waals surface area contributed by atoms with Gasteiger partial charge in [-0.1, -0.05) is 0 Å². The second kappa shape index (κ2) is 6.80. The minimum Gasteiger partial charge on any atom is -0.372 e. The number of hydrogen-bond acceptors (Lipinski definition) is 6. The van der Waals surface area contributed by atoms with Crippen LogP contribution in [0, 0.1) is 12.7 Å². The Labute approximate surface area is 171 Å². The van der Waals surface area contributed by atoms with E-state index in [1.807, 2.05) is 36.0 Å². The van der Waals surface area contributed by atoms with Crippen LogP contribution in [0.3, 0.4) is 0 Å². The number of nitrogens with one attached hydrogen (secondary N) is 2. The Bertz CT molecular complexity index is 1370. The van der Waals surface area contributed by atoms with Gasteiger partial charge in [-0.2, -0.15) is 5.10 Å². The topological polar surface area (TPSA) is 87.0 Å². The van der Waals surface area contributed by atoms with Crippen molar-refractivity contribution in [2.24, 2.45) is 0 Å². The Balaban J connectivity index is 1.73. The number of benzene rings is 1. The summed E-state index contributed by atoms with van der Waals surface area (Å²) in [6.45, 7) is 1.78. The van der Waals surface area contributed by atoms with Crippen LogP contribution in [0.15, 0.2) is 49.2 Å². The quantitative estimate of drug-likeness (QED) is 0.474. The highest BCUT2D eigenvalue weighted by Crippen LogP contribution is 2.40. The fraction of sp³-hybridized carbons (Fsp3) is 0.143. The van der Waals surface area contributed by atoms with E-state index in [2.05, 4.69) is 30.5 Å². The fourth-order valence-corrected chi connectivity index (χ4v) is 3.77. The predicted octanol–water partition coefficient (Wildman–Crippen LogP) is 3.92. The van der Waals surface area contributed by atoms with Gasteiger partial charge >= 0.3 is 0 Å². The molecule has 5 aromatic rings. The lowest BCUT2D eigenvalue weighted by Crippen LogP contribution is -2.16. The van der Waals surface area contributed by atoms with Crippen molar-refractivity contribution in [1.29, 1.82) is 0 Å². The van der Waals surface area contributed by atoms with E-state index < -0.39 is 0 Å². The van der Waals surface area contributed by atoms with Crippen molar-refractivity contribution in [3.05, 3.63) is 60.6 Å². The fourth-order valence-electron chi connectivity index (χ4n) is 3.77. The van der Waals surface area contributed by atoms with Crippen LogP contribution in [0.5, 0.6) is 0 Å². The van der Waals surface area contributed by atoms with Crippen LogP contribution in [-0.4, -0.2) is 43.6 Å². The van der Waals surface area contributed by atoms with Crippen LogP contribution in [0.1, 0.15) is 5.56 Å². The predicted molar refractivity (Wildman–Crippen MR) is 115 cm³/mol. The molecule has 2 N–H and O–H groups in total. The first-order chi connectivity index (χ1) is 14.6. The normalized spacial score (nSPS) is 11.3. The molecule has 5 rings (SSSR count). The Morgan fingerprint density at radius 3 is 2.73 bits per heavy atom. The molecule has 150 valence electrons. The van der Waals surface area contributed by atoms with Gasteiger partial charge in [0.25, 0.3) is 0 Å². The molecule has 0 fully saturated rings.